The highest BCUT2D eigenvalue weighted by Gasteiger charge is 2.30. The molecule has 162 valence electrons. The zero-order valence-electron chi connectivity index (χ0n) is 20.4. The van der Waals surface area contributed by atoms with Crippen molar-refractivity contribution in [3.05, 3.63) is 29.3 Å². The van der Waals surface area contributed by atoms with Crippen LogP contribution in [0.3, 0.4) is 0 Å². The minimum atomic E-state index is -0.0723. The molecule has 0 amide bonds. The molecule has 1 unspecified atom stereocenters. The average molecular weight is 390 g/mol. The van der Waals surface area contributed by atoms with Crippen molar-refractivity contribution in [1.29, 1.82) is 0 Å². The van der Waals surface area contributed by atoms with Gasteiger partial charge < -0.3 is 10.8 Å². The topological polar surface area (TPSA) is 46.2 Å². The standard InChI is InChI=1S/C26H47NO/c1-23(2,3)17-25(7,8)14-13-20(27)15-19-11-12-22(28)21(16-19)26(9,10)18-24(4,5)6/h11-12,16,20,28H,13-15,17-18,27H2,1-10H3. The third-order valence-corrected chi connectivity index (χ3v) is 5.46. The van der Waals surface area contributed by atoms with E-state index in [4.69, 9.17) is 5.73 Å². The molecule has 0 aliphatic rings. The Morgan fingerprint density at radius 2 is 1.39 bits per heavy atom. The highest BCUT2D eigenvalue weighted by atomic mass is 16.3. The summed E-state index contributed by atoms with van der Waals surface area (Å²) in [7, 11) is 0. The summed E-state index contributed by atoms with van der Waals surface area (Å²) >= 11 is 0. The van der Waals surface area contributed by atoms with Crippen LogP contribution in [0.2, 0.25) is 0 Å². The summed E-state index contributed by atoms with van der Waals surface area (Å²) in [6.45, 7) is 22.9. The van der Waals surface area contributed by atoms with Crippen molar-refractivity contribution in [2.24, 2.45) is 22.0 Å². The maximum Gasteiger partial charge on any atom is 0.119 e. The molecule has 1 aromatic carbocycles. The summed E-state index contributed by atoms with van der Waals surface area (Å²) in [4.78, 5) is 0. The second-order valence-corrected chi connectivity index (χ2v) is 12.9. The van der Waals surface area contributed by atoms with Crippen LogP contribution in [0.1, 0.15) is 106 Å². The number of hydrogen-bond acceptors (Lipinski definition) is 2. The summed E-state index contributed by atoms with van der Waals surface area (Å²) in [5.41, 5.74) is 9.58. The highest BCUT2D eigenvalue weighted by molar-refractivity contribution is 5.41. The molecular weight excluding hydrogens is 342 g/mol. The number of phenolic OH excluding ortho intramolecular Hbond substituents is 1. The molecule has 0 radical (unpaired) electrons. The van der Waals surface area contributed by atoms with Gasteiger partial charge in [-0.15, -0.1) is 0 Å². The Labute approximate surface area is 175 Å². The summed E-state index contributed by atoms with van der Waals surface area (Å²) in [5.74, 6) is 0.401. The van der Waals surface area contributed by atoms with Crippen LogP contribution in [0.25, 0.3) is 0 Å². The lowest BCUT2D eigenvalue weighted by Crippen LogP contribution is -2.28. The molecule has 0 saturated heterocycles. The van der Waals surface area contributed by atoms with Gasteiger partial charge in [0.05, 0.1) is 0 Å². The molecule has 1 atom stereocenters. The van der Waals surface area contributed by atoms with Crippen molar-refractivity contribution in [3.63, 3.8) is 0 Å². The van der Waals surface area contributed by atoms with Gasteiger partial charge >= 0.3 is 0 Å². The predicted octanol–water partition coefficient (Wildman–Crippen LogP) is 7.22. The van der Waals surface area contributed by atoms with Crippen LogP contribution in [0.15, 0.2) is 18.2 Å². The maximum absolute atomic E-state index is 10.5. The lowest BCUT2D eigenvalue weighted by Gasteiger charge is -2.34. The third-order valence-electron chi connectivity index (χ3n) is 5.46. The molecule has 0 heterocycles. The SMILES string of the molecule is CC(C)(C)CC(C)(C)CCC(N)Cc1ccc(O)c(C(C)(C)CC(C)(C)C)c1. The first kappa shape index (κ1) is 25.0. The normalized spacial score (nSPS) is 15.0. The first-order valence-electron chi connectivity index (χ1n) is 11.0. The Bertz CT molecular complexity index is 629. The zero-order valence-corrected chi connectivity index (χ0v) is 20.4. The van der Waals surface area contributed by atoms with E-state index in [-0.39, 0.29) is 16.9 Å². The number of nitrogens with two attached hydrogens (primary N) is 1. The van der Waals surface area contributed by atoms with Gasteiger partial charge in [-0.2, -0.15) is 0 Å². The number of hydrogen-bond donors (Lipinski definition) is 2. The quantitative estimate of drug-likeness (QED) is 0.493. The molecule has 0 aromatic heterocycles. The predicted molar refractivity (Wildman–Crippen MR) is 124 cm³/mol. The zero-order chi connectivity index (χ0) is 22.0. The average Bonchev–Trinajstić information content (AvgIpc) is 2.42. The third kappa shape index (κ3) is 8.99. The molecule has 0 aliphatic carbocycles. The van der Waals surface area contributed by atoms with E-state index in [2.05, 4.69) is 75.3 Å². The molecule has 28 heavy (non-hydrogen) atoms. The molecule has 0 aliphatic heterocycles. The lowest BCUT2D eigenvalue weighted by molar-refractivity contribution is 0.191. The number of aromatic hydroxyl groups is 1. The van der Waals surface area contributed by atoms with E-state index in [0.717, 1.165) is 31.2 Å². The second kappa shape index (κ2) is 8.78. The Hall–Kier alpha value is -1.02. The van der Waals surface area contributed by atoms with Crippen molar-refractivity contribution in [1.82, 2.24) is 0 Å². The van der Waals surface area contributed by atoms with Crippen LogP contribution in [0.4, 0.5) is 0 Å². The first-order valence-corrected chi connectivity index (χ1v) is 11.0. The Balaban J connectivity index is 2.82. The Morgan fingerprint density at radius 3 is 1.89 bits per heavy atom. The first-order chi connectivity index (χ1) is 12.4. The molecule has 2 heteroatoms. The van der Waals surface area contributed by atoms with Crippen molar-refractivity contribution in [2.45, 2.75) is 113 Å². The maximum atomic E-state index is 10.5. The largest absolute Gasteiger partial charge is 0.508 e. The summed E-state index contributed by atoms with van der Waals surface area (Å²) in [5, 5.41) is 10.5. The summed E-state index contributed by atoms with van der Waals surface area (Å²) in [6.07, 6.45) is 5.27. The van der Waals surface area contributed by atoms with Gasteiger partial charge in [-0.05, 0) is 71.0 Å². The van der Waals surface area contributed by atoms with Gasteiger partial charge in [0.25, 0.3) is 0 Å². The highest BCUT2D eigenvalue weighted by Crippen LogP contribution is 2.41. The van der Waals surface area contributed by atoms with Crippen LogP contribution in [0, 0.1) is 16.2 Å². The van der Waals surface area contributed by atoms with Gasteiger partial charge in [0.15, 0.2) is 0 Å². The molecular formula is C26H47NO. The minimum Gasteiger partial charge on any atom is -0.508 e. The van der Waals surface area contributed by atoms with Gasteiger partial charge in [-0.3, -0.25) is 0 Å². The monoisotopic (exact) mass is 389 g/mol. The molecule has 0 saturated carbocycles. The molecule has 0 fully saturated rings. The van der Waals surface area contributed by atoms with Crippen LogP contribution < -0.4 is 5.73 Å². The Kier molecular flexibility index (Phi) is 7.84. The van der Waals surface area contributed by atoms with E-state index in [1.54, 1.807) is 0 Å². The summed E-state index contributed by atoms with van der Waals surface area (Å²) < 4.78 is 0. The molecule has 1 rings (SSSR count). The van der Waals surface area contributed by atoms with Crippen molar-refractivity contribution < 1.29 is 5.11 Å². The van der Waals surface area contributed by atoms with Crippen LogP contribution >= 0.6 is 0 Å². The fourth-order valence-corrected chi connectivity index (χ4v) is 5.18. The van der Waals surface area contributed by atoms with Gasteiger partial charge in [-0.1, -0.05) is 81.4 Å². The van der Waals surface area contributed by atoms with E-state index in [1.807, 2.05) is 12.1 Å². The summed E-state index contributed by atoms with van der Waals surface area (Å²) in [6, 6.07) is 6.22. The molecule has 0 spiro atoms. The molecule has 1 aromatic rings. The van der Waals surface area contributed by atoms with E-state index >= 15 is 0 Å². The molecule has 3 N–H and O–H groups in total. The van der Waals surface area contributed by atoms with Gasteiger partial charge in [0, 0.05) is 6.04 Å². The van der Waals surface area contributed by atoms with E-state index in [9.17, 15) is 5.11 Å². The van der Waals surface area contributed by atoms with Gasteiger partial charge in [0.1, 0.15) is 5.75 Å². The van der Waals surface area contributed by atoms with Gasteiger partial charge in [0.2, 0.25) is 0 Å². The minimum absolute atomic E-state index is 0.0723. The second-order valence-electron chi connectivity index (χ2n) is 12.9. The van der Waals surface area contributed by atoms with Crippen molar-refractivity contribution in [3.8, 4) is 5.75 Å². The number of phenols is 1. The lowest BCUT2D eigenvalue weighted by atomic mass is 9.71. The van der Waals surface area contributed by atoms with Crippen molar-refractivity contribution in [2.75, 3.05) is 0 Å². The number of rotatable bonds is 8. The molecule has 2 nitrogen and oxygen atoms in total. The van der Waals surface area contributed by atoms with E-state index in [1.165, 1.54) is 12.0 Å². The van der Waals surface area contributed by atoms with Crippen LogP contribution in [-0.4, -0.2) is 11.1 Å². The smallest absolute Gasteiger partial charge is 0.119 e. The van der Waals surface area contributed by atoms with Crippen molar-refractivity contribution >= 4 is 0 Å². The Morgan fingerprint density at radius 1 is 0.857 bits per heavy atom. The number of benzene rings is 1. The van der Waals surface area contributed by atoms with E-state index < -0.39 is 0 Å². The fraction of sp³-hybridized carbons (Fsp3) is 0.769. The molecule has 0 bridgehead atoms. The van der Waals surface area contributed by atoms with Crippen LogP contribution in [-0.2, 0) is 11.8 Å². The fourth-order valence-electron chi connectivity index (χ4n) is 5.18. The van der Waals surface area contributed by atoms with E-state index in [0.29, 0.717) is 16.6 Å². The van der Waals surface area contributed by atoms with Gasteiger partial charge in [-0.25, -0.2) is 0 Å². The van der Waals surface area contributed by atoms with Crippen LogP contribution in [0.5, 0.6) is 5.75 Å².